The molecule has 1 aromatic carbocycles. The summed E-state index contributed by atoms with van der Waals surface area (Å²) < 4.78 is 18.3. The number of hydrogen-bond donors (Lipinski definition) is 2. The number of aromatic amines is 1. The van der Waals surface area contributed by atoms with Gasteiger partial charge in [0.15, 0.2) is 0 Å². The molecule has 0 saturated carbocycles. The Morgan fingerprint density at radius 3 is 3.00 bits per heavy atom. The fraction of sp³-hybridized carbons (Fsp3) is 0.231. The van der Waals surface area contributed by atoms with Gasteiger partial charge in [-0.2, -0.15) is 5.10 Å². The highest BCUT2D eigenvalue weighted by Crippen LogP contribution is 2.12. The first kappa shape index (κ1) is 13.9. The first-order chi connectivity index (χ1) is 9.58. The minimum absolute atomic E-state index is 0.248. The molecule has 7 heteroatoms. The van der Waals surface area contributed by atoms with Crippen molar-refractivity contribution in [3.63, 3.8) is 0 Å². The topological polar surface area (TPSA) is 84.2 Å². The van der Waals surface area contributed by atoms with Gasteiger partial charge in [0.1, 0.15) is 23.9 Å². The van der Waals surface area contributed by atoms with E-state index in [4.69, 9.17) is 10.5 Å². The molecule has 0 unspecified atom stereocenters. The predicted octanol–water partition coefficient (Wildman–Crippen LogP) is 1.28. The summed E-state index contributed by atoms with van der Waals surface area (Å²) in [6.07, 6.45) is 1.38. The third kappa shape index (κ3) is 3.25. The highest BCUT2D eigenvalue weighted by molar-refractivity contribution is 5.96. The zero-order chi connectivity index (χ0) is 14.5. The van der Waals surface area contributed by atoms with Crippen LogP contribution in [0.5, 0.6) is 5.75 Å². The van der Waals surface area contributed by atoms with Crippen LogP contribution in [-0.4, -0.2) is 41.2 Å². The van der Waals surface area contributed by atoms with Crippen LogP contribution in [0.25, 0.3) is 0 Å². The second kappa shape index (κ2) is 6.05. The van der Waals surface area contributed by atoms with Gasteiger partial charge in [-0.25, -0.2) is 4.39 Å². The van der Waals surface area contributed by atoms with Crippen molar-refractivity contribution in [3.05, 3.63) is 42.0 Å². The quantitative estimate of drug-likeness (QED) is 0.863. The Labute approximate surface area is 115 Å². The molecule has 1 amide bonds. The second-order valence-corrected chi connectivity index (χ2v) is 4.23. The number of benzene rings is 1. The molecular formula is C13H15FN4O2. The third-order valence-corrected chi connectivity index (χ3v) is 2.72. The number of amides is 1. The van der Waals surface area contributed by atoms with E-state index in [2.05, 4.69) is 10.2 Å². The number of halogens is 1. The maximum absolute atomic E-state index is 12.9. The summed E-state index contributed by atoms with van der Waals surface area (Å²) in [5.74, 6) is -0.216. The lowest BCUT2D eigenvalue weighted by Gasteiger charge is -2.16. The molecule has 106 valence electrons. The van der Waals surface area contributed by atoms with Crippen molar-refractivity contribution in [1.82, 2.24) is 15.1 Å². The minimum Gasteiger partial charge on any atom is -0.492 e. The standard InChI is InChI=1S/C13H15FN4O2/c1-18(13(19)12-11(15)8-16-17-12)5-6-20-10-4-2-3-9(14)7-10/h2-4,7-8H,5-6,15H2,1H3,(H,16,17). The number of likely N-dealkylation sites (N-methyl/N-ethyl adjacent to an activating group) is 1. The summed E-state index contributed by atoms with van der Waals surface area (Å²) >= 11 is 0. The van der Waals surface area contributed by atoms with Crippen LogP contribution in [0.15, 0.2) is 30.5 Å². The molecule has 0 radical (unpaired) electrons. The fourth-order valence-electron chi connectivity index (χ4n) is 1.62. The molecule has 0 aliphatic heterocycles. The molecule has 20 heavy (non-hydrogen) atoms. The van der Waals surface area contributed by atoms with Crippen molar-refractivity contribution >= 4 is 11.6 Å². The van der Waals surface area contributed by atoms with Crippen molar-refractivity contribution in [3.8, 4) is 5.75 Å². The Hall–Kier alpha value is -2.57. The Balaban J connectivity index is 1.85. The van der Waals surface area contributed by atoms with E-state index in [0.29, 0.717) is 18.0 Å². The van der Waals surface area contributed by atoms with Crippen LogP contribution >= 0.6 is 0 Å². The number of rotatable bonds is 5. The average Bonchev–Trinajstić information content (AvgIpc) is 2.84. The van der Waals surface area contributed by atoms with Crippen molar-refractivity contribution in [2.75, 3.05) is 25.9 Å². The summed E-state index contributed by atoms with van der Waals surface area (Å²) in [5.41, 5.74) is 6.15. The van der Waals surface area contributed by atoms with Gasteiger partial charge in [-0.05, 0) is 12.1 Å². The molecule has 0 spiro atoms. The molecule has 1 heterocycles. The van der Waals surface area contributed by atoms with Gasteiger partial charge in [0.05, 0.1) is 18.4 Å². The minimum atomic E-state index is -0.364. The van der Waals surface area contributed by atoms with E-state index in [1.807, 2.05) is 0 Å². The third-order valence-electron chi connectivity index (χ3n) is 2.72. The Morgan fingerprint density at radius 2 is 2.35 bits per heavy atom. The Kier molecular flexibility index (Phi) is 4.19. The SMILES string of the molecule is CN(CCOc1cccc(F)c1)C(=O)c1[nH]ncc1N. The number of carbonyl (C=O) groups is 1. The van der Waals surface area contributed by atoms with E-state index in [9.17, 15) is 9.18 Å². The maximum atomic E-state index is 12.9. The van der Waals surface area contributed by atoms with Gasteiger partial charge in [0.25, 0.3) is 5.91 Å². The van der Waals surface area contributed by atoms with Crippen LogP contribution in [0.1, 0.15) is 10.5 Å². The largest absolute Gasteiger partial charge is 0.492 e. The maximum Gasteiger partial charge on any atom is 0.273 e. The Bertz CT molecular complexity index is 600. The zero-order valence-electron chi connectivity index (χ0n) is 11.0. The van der Waals surface area contributed by atoms with Gasteiger partial charge in [0.2, 0.25) is 0 Å². The number of carbonyl (C=O) groups excluding carboxylic acids is 1. The van der Waals surface area contributed by atoms with E-state index < -0.39 is 0 Å². The van der Waals surface area contributed by atoms with Gasteiger partial charge in [-0.3, -0.25) is 9.89 Å². The molecule has 0 aliphatic carbocycles. The van der Waals surface area contributed by atoms with Gasteiger partial charge in [-0.15, -0.1) is 0 Å². The van der Waals surface area contributed by atoms with Crippen molar-refractivity contribution in [1.29, 1.82) is 0 Å². The number of nitrogens with zero attached hydrogens (tertiary/aromatic N) is 2. The molecule has 6 nitrogen and oxygen atoms in total. The van der Waals surface area contributed by atoms with Gasteiger partial charge >= 0.3 is 0 Å². The number of anilines is 1. The van der Waals surface area contributed by atoms with E-state index in [-0.39, 0.29) is 24.0 Å². The molecular weight excluding hydrogens is 263 g/mol. The number of nitrogens with two attached hydrogens (primary N) is 1. The van der Waals surface area contributed by atoms with Crippen LogP contribution in [0.3, 0.4) is 0 Å². The monoisotopic (exact) mass is 278 g/mol. The molecule has 0 fully saturated rings. The van der Waals surface area contributed by atoms with Crippen molar-refractivity contribution < 1.29 is 13.9 Å². The number of aromatic nitrogens is 2. The summed E-state index contributed by atoms with van der Waals surface area (Å²) in [6.45, 7) is 0.591. The van der Waals surface area contributed by atoms with Crippen LogP contribution < -0.4 is 10.5 Å². The number of ether oxygens (including phenoxy) is 1. The van der Waals surface area contributed by atoms with Crippen LogP contribution in [0, 0.1) is 5.82 Å². The number of nitrogens with one attached hydrogen (secondary N) is 1. The molecule has 0 saturated heterocycles. The number of nitrogen functional groups attached to an aromatic ring is 1. The second-order valence-electron chi connectivity index (χ2n) is 4.23. The molecule has 1 aromatic heterocycles. The lowest BCUT2D eigenvalue weighted by atomic mass is 10.3. The molecule has 0 bridgehead atoms. The number of H-pyrrole nitrogens is 1. The molecule has 0 aliphatic rings. The molecule has 3 N–H and O–H groups in total. The normalized spacial score (nSPS) is 10.3. The predicted molar refractivity (Wildman–Crippen MR) is 71.9 cm³/mol. The van der Waals surface area contributed by atoms with Crippen molar-refractivity contribution in [2.45, 2.75) is 0 Å². The summed E-state index contributed by atoms with van der Waals surface area (Å²) in [7, 11) is 1.62. The first-order valence-electron chi connectivity index (χ1n) is 6.00. The lowest BCUT2D eigenvalue weighted by Crippen LogP contribution is -2.31. The lowest BCUT2D eigenvalue weighted by molar-refractivity contribution is 0.0769. The molecule has 0 atom stereocenters. The van der Waals surface area contributed by atoms with E-state index in [1.54, 1.807) is 19.2 Å². The van der Waals surface area contributed by atoms with Crippen molar-refractivity contribution in [2.24, 2.45) is 0 Å². The van der Waals surface area contributed by atoms with E-state index in [1.165, 1.54) is 23.2 Å². The molecule has 2 rings (SSSR count). The van der Waals surface area contributed by atoms with Gasteiger partial charge in [-0.1, -0.05) is 6.07 Å². The highest BCUT2D eigenvalue weighted by Gasteiger charge is 2.16. The molecule has 2 aromatic rings. The van der Waals surface area contributed by atoms with Gasteiger partial charge in [0, 0.05) is 13.1 Å². The van der Waals surface area contributed by atoms with Crippen LogP contribution in [-0.2, 0) is 0 Å². The van der Waals surface area contributed by atoms with Crippen LogP contribution in [0.2, 0.25) is 0 Å². The Morgan fingerprint density at radius 1 is 1.55 bits per heavy atom. The summed E-state index contributed by atoms with van der Waals surface area (Å²) in [5, 5.41) is 6.24. The van der Waals surface area contributed by atoms with Crippen LogP contribution in [0.4, 0.5) is 10.1 Å². The smallest absolute Gasteiger partial charge is 0.273 e. The first-order valence-corrected chi connectivity index (χ1v) is 6.00. The summed E-state index contributed by atoms with van der Waals surface area (Å²) in [6, 6.07) is 5.83. The van der Waals surface area contributed by atoms with Gasteiger partial charge < -0.3 is 15.4 Å². The van der Waals surface area contributed by atoms with E-state index in [0.717, 1.165) is 0 Å². The fourth-order valence-corrected chi connectivity index (χ4v) is 1.62. The number of hydrogen-bond acceptors (Lipinski definition) is 4. The highest BCUT2D eigenvalue weighted by atomic mass is 19.1. The van der Waals surface area contributed by atoms with E-state index >= 15 is 0 Å². The average molecular weight is 278 g/mol. The summed E-state index contributed by atoms with van der Waals surface area (Å²) in [4.78, 5) is 13.4. The zero-order valence-corrected chi connectivity index (χ0v) is 11.0.